The molecule has 152 valence electrons. The van der Waals surface area contributed by atoms with E-state index in [2.05, 4.69) is 16.0 Å². The van der Waals surface area contributed by atoms with Crippen molar-refractivity contribution in [1.29, 1.82) is 0 Å². The molecule has 3 atom stereocenters. The van der Waals surface area contributed by atoms with Gasteiger partial charge < -0.3 is 26.0 Å². The zero-order valence-electron chi connectivity index (χ0n) is 15.5. The van der Waals surface area contributed by atoms with Gasteiger partial charge >= 0.3 is 5.97 Å². The van der Waals surface area contributed by atoms with Crippen LogP contribution in [0.15, 0.2) is 0 Å². The molecule has 2 fully saturated rings. The fourth-order valence-corrected chi connectivity index (χ4v) is 3.93. The van der Waals surface area contributed by atoms with Gasteiger partial charge in [0.15, 0.2) is 0 Å². The minimum Gasteiger partial charge on any atom is -0.480 e. The number of carboxylic acid groups (broad SMARTS) is 1. The maximum Gasteiger partial charge on any atom is 0.322 e. The highest BCUT2D eigenvalue weighted by Gasteiger charge is 2.38. The van der Waals surface area contributed by atoms with Crippen LogP contribution in [-0.4, -0.2) is 83.5 Å². The number of nitrogens with one attached hydrogen (secondary N) is 3. The van der Waals surface area contributed by atoms with E-state index >= 15 is 0 Å². The number of aliphatic carboxylic acids is 1. The summed E-state index contributed by atoms with van der Waals surface area (Å²) in [6.45, 7) is 0.850. The highest BCUT2D eigenvalue weighted by atomic mass is 32.2. The minimum atomic E-state index is -1.14. The number of rotatable bonds is 9. The lowest BCUT2D eigenvalue weighted by Gasteiger charge is -2.28. The number of hydrogen-bond acceptors (Lipinski definition) is 6. The first-order valence-corrected chi connectivity index (χ1v) is 10.7. The Balaban J connectivity index is 1.98. The standard InChI is InChI=1S/C17H28N4O5S/c1-27-9-6-11(15(24)19-10-14(22)23)20-16(25)13-5-3-8-21(13)17(26)12-4-2-7-18-12/h11-13,18H,2-10H2,1H3,(H,19,24)(H,20,25)(H,22,23). The number of nitrogens with zero attached hydrogens (tertiary/aromatic N) is 1. The van der Waals surface area contributed by atoms with E-state index in [1.165, 1.54) is 11.8 Å². The highest BCUT2D eigenvalue weighted by Crippen LogP contribution is 2.21. The average Bonchev–Trinajstić information content (AvgIpc) is 3.34. The quantitative estimate of drug-likeness (QED) is 0.398. The third-order valence-corrected chi connectivity index (χ3v) is 5.50. The molecule has 10 heteroatoms. The second-order valence-corrected chi connectivity index (χ2v) is 7.78. The smallest absolute Gasteiger partial charge is 0.322 e. The van der Waals surface area contributed by atoms with Crippen LogP contribution < -0.4 is 16.0 Å². The Morgan fingerprint density at radius 2 is 2.04 bits per heavy atom. The second-order valence-electron chi connectivity index (χ2n) is 6.79. The van der Waals surface area contributed by atoms with Crippen LogP contribution in [0.3, 0.4) is 0 Å². The van der Waals surface area contributed by atoms with Gasteiger partial charge in [-0.15, -0.1) is 0 Å². The monoisotopic (exact) mass is 400 g/mol. The summed E-state index contributed by atoms with van der Waals surface area (Å²) in [5.41, 5.74) is 0. The molecule has 0 aromatic heterocycles. The number of carbonyl (C=O) groups excluding carboxylic acids is 3. The van der Waals surface area contributed by atoms with Crippen LogP contribution in [0.25, 0.3) is 0 Å². The summed E-state index contributed by atoms with van der Waals surface area (Å²) in [6.07, 6.45) is 5.32. The predicted octanol–water partition coefficient (Wildman–Crippen LogP) is -0.832. The van der Waals surface area contributed by atoms with Crippen LogP contribution in [0.1, 0.15) is 32.1 Å². The molecular weight excluding hydrogens is 372 g/mol. The Labute approximate surface area is 163 Å². The molecule has 2 aliphatic heterocycles. The molecule has 0 aromatic rings. The number of hydrogen-bond donors (Lipinski definition) is 4. The molecule has 3 unspecified atom stereocenters. The number of carboxylic acids is 1. The SMILES string of the molecule is CSCCC(NC(=O)C1CCCN1C(=O)C1CCCN1)C(=O)NCC(=O)O. The molecular formula is C17H28N4O5S. The Morgan fingerprint density at radius 1 is 1.26 bits per heavy atom. The van der Waals surface area contributed by atoms with Gasteiger partial charge in [-0.05, 0) is 50.7 Å². The predicted molar refractivity (Wildman–Crippen MR) is 101 cm³/mol. The number of thioether (sulfide) groups is 1. The first-order chi connectivity index (χ1) is 12.9. The average molecular weight is 401 g/mol. The maximum atomic E-state index is 12.8. The zero-order chi connectivity index (χ0) is 19.8. The van der Waals surface area contributed by atoms with Gasteiger partial charge in [0, 0.05) is 6.54 Å². The van der Waals surface area contributed by atoms with Crippen LogP contribution in [-0.2, 0) is 19.2 Å². The van der Waals surface area contributed by atoms with Crippen molar-refractivity contribution in [3.8, 4) is 0 Å². The first-order valence-electron chi connectivity index (χ1n) is 9.26. The van der Waals surface area contributed by atoms with Crippen molar-refractivity contribution in [2.24, 2.45) is 0 Å². The fourth-order valence-electron chi connectivity index (χ4n) is 3.46. The molecule has 0 aromatic carbocycles. The summed E-state index contributed by atoms with van der Waals surface area (Å²) in [4.78, 5) is 49.9. The normalized spacial score (nSPS) is 23.1. The maximum absolute atomic E-state index is 12.8. The van der Waals surface area contributed by atoms with Crippen LogP contribution in [0.2, 0.25) is 0 Å². The van der Waals surface area contributed by atoms with Gasteiger partial charge in [-0.25, -0.2) is 0 Å². The van der Waals surface area contributed by atoms with Crippen molar-refractivity contribution in [3.63, 3.8) is 0 Å². The summed E-state index contributed by atoms with van der Waals surface area (Å²) < 4.78 is 0. The van der Waals surface area contributed by atoms with Gasteiger partial charge in [-0.1, -0.05) is 0 Å². The molecule has 0 saturated carbocycles. The lowest BCUT2D eigenvalue weighted by molar-refractivity contribution is -0.141. The van der Waals surface area contributed by atoms with Crippen molar-refractivity contribution in [2.45, 2.75) is 50.2 Å². The van der Waals surface area contributed by atoms with E-state index in [1.807, 2.05) is 6.26 Å². The van der Waals surface area contributed by atoms with Crippen molar-refractivity contribution in [2.75, 3.05) is 31.6 Å². The third-order valence-electron chi connectivity index (χ3n) is 4.85. The zero-order valence-corrected chi connectivity index (χ0v) is 16.3. The summed E-state index contributed by atoms with van der Waals surface area (Å²) >= 11 is 1.53. The summed E-state index contributed by atoms with van der Waals surface area (Å²) in [6, 6.07) is -1.63. The van der Waals surface area contributed by atoms with Crippen LogP contribution >= 0.6 is 11.8 Å². The molecule has 0 bridgehead atoms. The van der Waals surface area contributed by atoms with Gasteiger partial charge in [-0.3, -0.25) is 19.2 Å². The molecule has 3 amide bonds. The van der Waals surface area contributed by atoms with E-state index in [1.54, 1.807) is 4.90 Å². The molecule has 2 heterocycles. The van der Waals surface area contributed by atoms with Crippen molar-refractivity contribution >= 4 is 35.5 Å². The lowest BCUT2D eigenvalue weighted by Crippen LogP contribution is -2.55. The Hall–Kier alpha value is -1.81. The second kappa shape index (κ2) is 10.5. The molecule has 4 N–H and O–H groups in total. The van der Waals surface area contributed by atoms with E-state index in [0.29, 0.717) is 25.1 Å². The topological polar surface area (TPSA) is 128 Å². The Kier molecular flexibility index (Phi) is 8.36. The summed E-state index contributed by atoms with van der Waals surface area (Å²) in [7, 11) is 0. The first kappa shape index (κ1) is 21.5. The fraction of sp³-hybridized carbons (Fsp3) is 0.765. The van der Waals surface area contributed by atoms with E-state index in [4.69, 9.17) is 5.11 Å². The number of amides is 3. The van der Waals surface area contributed by atoms with E-state index in [0.717, 1.165) is 25.8 Å². The number of carbonyl (C=O) groups is 4. The molecule has 2 saturated heterocycles. The molecule has 2 rings (SSSR count). The van der Waals surface area contributed by atoms with E-state index in [9.17, 15) is 19.2 Å². The van der Waals surface area contributed by atoms with Gasteiger partial charge in [-0.2, -0.15) is 11.8 Å². The Morgan fingerprint density at radius 3 is 2.67 bits per heavy atom. The molecule has 0 aliphatic carbocycles. The highest BCUT2D eigenvalue weighted by molar-refractivity contribution is 7.98. The molecule has 0 radical (unpaired) electrons. The van der Waals surface area contributed by atoms with Crippen LogP contribution in [0.4, 0.5) is 0 Å². The van der Waals surface area contributed by atoms with Gasteiger partial charge in [0.2, 0.25) is 17.7 Å². The molecule has 2 aliphatic rings. The van der Waals surface area contributed by atoms with E-state index < -0.39 is 30.5 Å². The lowest BCUT2D eigenvalue weighted by atomic mass is 10.1. The van der Waals surface area contributed by atoms with Crippen molar-refractivity contribution < 1.29 is 24.3 Å². The molecule has 27 heavy (non-hydrogen) atoms. The third kappa shape index (κ3) is 6.10. The number of likely N-dealkylation sites (tertiary alicyclic amines) is 1. The Bertz CT molecular complexity index is 568. The van der Waals surface area contributed by atoms with Crippen LogP contribution in [0, 0.1) is 0 Å². The van der Waals surface area contributed by atoms with Crippen LogP contribution in [0.5, 0.6) is 0 Å². The minimum absolute atomic E-state index is 0.0545. The van der Waals surface area contributed by atoms with Gasteiger partial charge in [0.1, 0.15) is 18.6 Å². The van der Waals surface area contributed by atoms with Gasteiger partial charge in [0.05, 0.1) is 6.04 Å². The van der Waals surface area contributed by atoms with Gasteiger partial charge in [0.25, 0.3) is 0 Å². The van der Waals surface area contributed by atoms with Crippen molar-refractivity contribution in [3.05, 3.63) is 0 Å². The molecule has 0 spiro atoms. The summed E-state index contributed by atoms with van der Waals surface area (Å²) in [5.74, 6) is -1.43. The largest absolute Gasteiger partial charge is 0.480 e. The van der Waals surface area contributed by atoms with E-state index in [-0.39, 0.29) is 17.9 Å². The molecule has 9 nitrogen and oxygen atoms in total. The van der Waals surface area contributed by atoms with Crippen molar-refractivity contribution in [1.82, 2.24) is 20.9 Å². The summed E-state index contributed by atoms with van der Waals surface area (Å²) in [5, 5.41) is 16.9.